The zero-order chi connectivity index (χ0) is 33.5. The fraction of sp³-hybridized carbons (Fsp3) is 0.826. The molecule has 4 saturated carbocycles. The first-order chi connectivity index (χ1) is 22.8. The summed E-state index contributed by atoms with van der Waals surface area (Å²) in [7, 11) is 0. The summed E-state index contributed by atoms with van der Waals surface area (Å²) in [5.41, 5.74) is -0.530. The van der Waals surface area contributed by atoms with Crippen molar-refractivity contribution in [1.82, 2.24) is 0 Å². The molecule has 4 aliphatic rings. The lowest BCUT2D eigenvalue weighted by atomic mass is 9.69. The van der Waals surface area contributed by atoms with Gasteiger partial charge < -0.3 is 4.74 Å². The monoisotopic (exact) mass is 647 g/mol. The minimum absolute atomic E-state index is 0.265. The summed E-state index contributed by atoms with van der Waals surface area (Å²) in [6.45, 7) is 18.0. The first kappa shape index (κ1) is 38.7. The summed E-state index contributed by atoms with van der Waals surface area (Å²) in [4.78, 5) is 0. The van der Waals surface area contributed by atoms with Crippen LogP contribution in [-0.2, 0) is 4.74 Å². The van der Waals surface area contributed by atoms with Crippen molar-refractivity contribution in [2.75, 3.05) is 0 Å². The maximum Gasteiger partial charge on any atom is 0.0871 e. The van der Waals surface area contributed by atoms with E-state index in [1.165, 1.54) is 154 Å². The van der Waals surface area contributed by atoms with Crippen LogP contribution in [0.15, 0.2) is 49.6 Å². The Balaban J connectivity index is 1.15. The molecule has 0 amide bonds. The Morgan fingerprint density at radius 1 is 0.489 bits per heavy atom. The molecule has 0 heterocycles. The summed E-state index contributed by atoms with van der Waals surface area (Å²) >= 11 is 0. The zero-order valence-corrected chi connectivity index (χ0v) is 31.9. The third-order valence-corrected chi connectivity index (χ3v) is 14.0. The molecule has 0 aromatic heterocycles. The van der Waals surface area contributed by atoms with E-state index in [1.807, 2.05) is 0 Å². The Morgan fingerprint density at radius 3 is 1.06 bits per heavy atom. The van der Waals surface area contributed by atoms with Gasteiger partial charge in [-0.25, -0.2) is 0 Å². The van der Waals surface area contributed by atoms with Crippen molar-refractivity contribution in [1.29, 1.82) is 0 Å². The first-order valence-corrected chi connectivity index (χ1v) is 21.1. The van der Waals surface area contributed by atoms with E-state index in [-0.39, 0.29) is 11.2 Å². The minimum Gasteiger partial charge on any atom is -0.360 e. The zero-order valence-electron chi connectivity index (χ0n) is 31.9. The molecular weight excluding hydrogens is 569 g/mol. The van der Waals surface area contributed by atoms with Gasteiger partial charge in [-0.1, -0.05) is 115 Å². The quantitative estimate of drug-likeness (QED) is 0.135. The highest BCUT2D eigenvalue weighted by atomic mass is 16.5. The number of ether oxygens (including phenoxy) is 1. The van der Waals surface area contributed by atoms with Crippen LogP contribution in [-0.4, -0.2) is 11.2 Å². The van der Waals surface area contributed by atoms with Gasteiger partial charge in [0.25, 0.3) is 0 Å². The molecule has 2 atom stereocenters. The molecule has 47 heavy (non-hydrogen) atoms. The molecule has 0 spiro atoms. The van der Waals surface area contributed by atoms with Crippen LogP contribution in [0.4, 0.5) is 0 Å². The van der Waals surface area contributed by atoms with Gasteiger partial charge in [0.1, 0.15) is 0 Å². The van der Waals surface area contributed by atoms with Crippen molar-refractivity contribution in [2.24, 2.45) is 47.3 Å². The molecule has 0 radical (unpaired) electrons. The van der Waals surface area contributed by atoms with Crippen LogP contribution < -0.4 is 0 Å². The summed E-state index contributed by atoms with van der Waals surface area (Å²) in [6.07, 6.45) is 47.3. The molecule has 4 aliphatic carbocycles. The number of hydrogen-bond acceptors (Lipinski definition) is 1. The lowest BCUT2D eigenvalue weighted by molar-refractivity contribution is -0.154. The molecule has 0 aliphatic heterocycles. The largest absolute Gasteiger partial charge is 0.360 e. The Labute approximate surface area is 293 Å². The van der Waals surface area contributed by atoms with Gasteiger partial charge in [-0.3, -0.25) is 0 Å². The average molecular weight is 647 g/mol. The van der Waals surface area contributed by atoms with E-state index in [2.05, 4.69) is 77.3 Å². The Kier molecular flexibility index (Phi) is 16.4. The lowest BCUT2D eigenvalue weighted by Gasteiger charge is -2.48. The minimum atomic E-state index is -0.265. The van der Waals surface area contributed by atoms with E-state index in [0.29, 0.717) is 11.8 Å². The van der Waals surface area contributed by atoms with E-state index in [9.17, 15) is 0 Å². The Bertz CT molecular complexity index is 852. The van der Waals surface area contributed by atoms with Gasteiger partial charge in [-0.05, 0) is 151 Å². The van der Waals surface area contributed by atoms with Crippen LogP contribution in [0.2, 0.25) is 0 Å². The second-order valence-corrected chi connectivity index (χ2v) is 17.5. The third kappa shape index (κ3) is 12.0. The highest BCUT2D eigenvalue weighted by molar-refractivity contribution is 5.08. The molecule has 1 nitrogen and oxygen atoms in total. The molecule has 4 fully saturated rings. The molecule has 1 heteroatoms. The van der Waals surface area contributed by atoms with Crippen LogP contribution in [0.25, 0.3) is 0 Å². The molecule has 0 saturated heterocycles. The van der Waals surface area contributed by atoms with Crippen molar-refractivity contribution in [3.8, 4) is 0 Å². The number of allylic oxidation sites excluding steroid dienone is 4. The van der Waals surface area contributed by atoms with Crippen molar-refractivity contribution in [3.05, 3.63) is 49.6 Å². The fourth-order valence-electron chi connectivity index (χ4n) is 10.3. The van der Waals surface area contributed by atoms with E-state index >= 15 is 0 Å². The second-order valence-electron chi connectivity index (χ2n) is 17.5. The predicted molar refractivity (Wildman–Crippen MR) is 207 cm³/mol. The summed E-state index contributed by atoms with van der Waals surface area (Å²) in [6, 6.07) is 0. The molecule has 0 aromatic rings. The smallest absolute Gasteiger partial charge is 0.0871 e. The lowest BCUT2D eigenvalue weighted by Crippen LogP contribution is -2.49. The standard InChI is InChI=1S/C46H78O/c1-7-11-13-15-37-17-21-39(22-18-37)25-27-41-29-33-43(34-30-41)45(5,9-3)47-46(6,10-4)44-35-31-42(32-36-44)28-26-40-23-19-38(20-24-40)16-14-12-8-2/h9-10,13-16,37-44H,3-4,7-8,11-12,17-36H2,1-2,5-6H3. The second kappa shape index (κ2) is 19.9. The highest BCUT2D eigenvalue weighted by Crippen LogP contribution is 2.47. The van der Waals surface area contributed by atoms with Gasteiger partial charge in [0.15, 0.2) is 0 Å². The maximum absolute atomic E-state index is 7.23. The molecule has 4 rings (SSSR count). The number of unbranched alkanes of at least 4 members (excludes halogenated alkanes) is 2. The third-order valence-electron chi connectivity index (χ3n) is 14.0. The molecule has 268 valence electrons. The van der Waals surface area contributed by atoms with Crippen molar-refractivity contribution in [2.45, 2.75) is 193 Å². The van der Waals surface area contributed by atoms with Gasteiger partial charge in [0.05, 0.1) is 11.2 Å². The van der Waals surface area contributed by atoms with E-state index in [1.54, 1.807) is 0 Å². The molecular formula is C46H78O. The van der Waals surface area contributed by atoms with E-state index in [4.69, 9.17) is 4.74 Å². The van der Waals surface area contributed by atoms with E-state index < -0.39 is 0 Å². The van der Waals surface area contributed by atoms with Crippen LogP contribution in [0.1, 0.15) is 182 Å². The van der Waals surface area contributed by atoms with Crippen LogP contribution in [0.3, 0.4) is 0 Å². The highest BCUT2D eigenvalue weighted by Gasteiger charge is 2.44. The number of rotatable bonds is 18. The van der Waals surface area contributed by atoms with Gasteiger partial charge in [-0.15, -0.1) is 13.2 Å². The number of hydrogen-bond donors (Lipinski definition) is 0. The Hall–Kier alpha value is -1.08. The summed E-state index contributed by atoms with van der Waals surface area (Å²) in [5, 5.41) is 0. The molecule has 2 unspecified atom stereocenters. The van der Waals surface area contributed by atoms with E-state index in [0.717, 1.165) is 35.5 Å². The van der Waals surface area contributed by atoms with Gasteiger partial charge in [-0.2, -0.15) is 0 Å². The van der Waals surface area contributed by atoms with Gasteiger partial charge in [0, 0.05) is 0 Å². The van der Waals surface area contributed by atoms with Crippen molar-refractivity contribution >= 4 is 0 Å². The van der Waals surface area contributed by atoms with Crippen LogP contribution in [0, 0.1) is 47.3 Å². The predicted octanol–water partition coefficient (Wildman–Crippen LogP) is 14.4. The van der Waals surface area contributed by atoms with Crippen LogP contribution in [0.5, 0.6) is 0 Å². The van der Waals surface area contributed by atoms with Gasteiger partial charge in [0.2, 0.25) is 0 Å². The summed E-state index contributed by atoms with van der Waals surface area (Å²) < 4.78 is 7.23. The van der Waals surface area contributed by atoms with Gasteiger partial charge >= 0.3 is 0 Å². The molecule has 0 aromatic carbocycles. The molecule has 0 bridgehead atoms. The van der Waals surface area contributed by atoms with Crippen molar-refractivity contribution in [3.63, 3.8) is 0 Å². The molecule has 0 N–H and O–H groups in total. The SMILES string of the molecule is C=CC(C)(OC(C)(C=C)C1CCC(CCC2CCC(C=CCCC)CC2)CC1)C1CCC(CCC2CCC(C=CCCC)CC2)CC1. The average Bonchev–Trinajstić information content (AvgIpc) is 3.11. The summed E-state index contributed by atoms with van der Waals surface area (Å²) in [5.74, 6) is 6.67. The topological polar surface area (TPSA) is 9.23 Å². The fourth-order valence-corrected chi connectivity index (χ4v) is 10.3. The normalized spacial score (nSPS) is 35.0. The van der Waals surface area contributed by atoms with Crippen molar-refractivity contribution < 1.29 is 4.74 Å². The van der Waals surface area contributed by atoms with Crippen LogP contribution >= 0.6 is 0 Å². The Morgan fingerprint density at radius 2 is 0.787 bits per heavy atom. The first-order valence-electron chi connectivity index (χ1n) is 21.1. The maximum atomic E-state index is 7.23.